The monoisotopic (exact) mass is 544 g/mol. The van der Waals surface area contributed by atoms with Gasteiger partial charge in [0.15, 0.2) is 3.77 Å². The third-order valence-corrected chi connectivity index (χ3v) is 4.91. The summed E-state index contributed by atoms with van der Waals surface area (Å²) in [6, 6.07) is 9.05. The number of hydrogen-bond acceptors (Lipinski definition) is 3. The lowest BCUT2D eigenvalue weighted by atomic mass is 10.2. The van der Waals surface area contributed by atoms with Crippen LogP contribution in [-0.2, 0) is 0 Å². The molecular weight excluding hydrogens is 538 g/mol. The first-order valence-corrected chi connectivity index (χ1v) is 8.05. The topological polar surface area (TPSA) is 54.6 Å². The second-order valence-electron chi connectivity index (χ2n) is 3.48. The van der Waals surface area contributed by atoms with Gasteiger partial charge in [0.05, 0.1) is 10.7 Å². The lowest BCUT2D eigenvalue weighted by Gasteiger charge is -1.99. The third kappa shape index (κ3) is 4.28. The quantitative estimate of drug-likeness (QED) is 0.361. The molecule has 0 spiro atoms. The molecule has 2 rings (SSSR count). The van der Waals surface area contributed by atoms with Crippen LogP contribution in [0, 0.1) is 7.34 Å². The van der Waals surface area contributed by atoms with Gasteiger partial charge in [0.2, 0.25) is 0 Å². The fraction of sp³-hybridized carbons (Fsp3) is 0. The van der Waals surface area contributed by atoms with Crippen LogP contribution in [0.25, 0.3) is 0 Å². The molecule has 0 saturated carbocycles. The summed E-state index contributed by atoms with van der Waals surface area (Å²) in [7, 11) is 0. The predicted molar refractivity (Wildman–Crippen MR) is 93.3 cm³/mol. The van der Waals surface area contributed by atoms with Gasteiger partial charge in [-0.05, 0) is 56.7 Å². The zero-order chi connectivity index (χ0) is 13.8. The standard InChI is InChI=1S/C12H7BrI2N2O2/c13-10-5-9(19-11(10)15)6-16-17-12(18)7-2-1-3-8(14)4-7/h1-6H,(H,17,18)/b16-6-. The largest absolute Gasteiger partial charge is 0.448 e. The lowest BCUT2D eigenvalue weighted by Crippen LogP contribution is -2.17. The fourth-order valence-corrected chi connectivity index (χ4v) is 2.54. The van der Waals surface area contributed by atoms with Crippen LogP contribution in [0.5, 0.6) is 0 Å². The maximum Gasteiger partial charge on any atom is 0.271 e. The highest BCUT2D eigenvalue weighted by molar-refractivity contribution is 14.1. The van der Waals surface area contributed by atoms with Crippen LogP contribution < -0.4 is 5.43 Å². The second-order valence-corrected chi connectivity index (χ2v) is 6.56. The van der Waals surface area contributed by atoms with E-state index in [-0.39, 0.29) is 5.91 Å². The zero-order valence-corrected chi connectivity index (χ0v) is 15.3. The molecule has 1 heterocycles. The van der Waals surface area contributed by atoms with Crippen molar-refractivity contribution in [3.63, 3.8) is 0 Å². The van der Waals surface area contributed by atoms with E-state index in [1.165, 1.54) is 6.21 Å². The highest BCUT2D eigenvalue weighted by Gasteiger charge is 2.05. The molecule has 0 bridgehead atoms. The summed E-state index contributed by atoms with van der Waals surface area (Å²) in [6.45, 7) is 0. The normalized spacial score (nSPS) is 10.9. The van der Waals surface area contributed by atoms with Crippen LogP contribution >= 0.6 is 61.1 Å². The van der Waals surface area contributed by atoms with Gasteiger partial charge in [0.1, 0.15) is 5.76 Å². The minimum absolute atomic E-state index is 0.255. The van der Waals surface area contributed by atoms with Crippen molar-refractivity contribution in [2.24, 2.45) is 5.10 Å². The van der Waals surface area contributed by atoms with Crippen molar-refractivity contribution in [1.29, 1.82) is 0 Å². The molecule has 19 heavy (non-hydrogen) atoms. The molecule has 0 atom stereocenters. The summed E-state index contributed by atoms with van der Waals surface area (Å²) in [6.07, 6.45) is 1.46. The van der Waals surface area contributed by atoms with Gasteiger partial charge >= 0.3 is 0 Å². The van der Waals surface area contributed by atoms with Gasteiger partial charge in [-0.25, -0.2) is 5.43 Å². The predicted octanol–water partition coefficient (Wildman–Crippen LogP) is 4.02. The van der Waals surface area contributed by atoms with E-state index in [9.17, 15) is 4.79 Å². The van der Waals surface area contributed by atoms with E-state index in [1.54, 1.807) is 18.2 Å². The Labute approximate surface area is 145 Å². The summed E-state index contributed by atoms with van der Waals surface area (Å²) in [5, 5.41) is 3.86. The Balaban J connectivity index is 2.00. The maximum absolute atomic E-state index is 11.8. The van der Waals surface area contributed by atoms with Crippen molar-refractivity contribution in [3.8, 4) is 0 Å². The summed E-state index contributed by atoms with van der Waals surface area (Å²) < 4.78 is 7.96. The first kappa shape index (κ1) is 15.0. The first-order chi connectivity index (χ1) is 9.06. The lowest BCUT2D eigenvalue weighted by molar-refractivity contribution is 0.0955. The highest BCUT2D eigenvalue weighted by atomic mass is 127. The number of amides is 1. The van der Waals surface area contributed by atoms with Gasteiger partial charge in [-0.1, -0.05) is 6.07 Å². The Morgan fingerprint density at radius 2 is 2.16 bits per heavy atom. The molecule has 7 heteroatoms. The number of nitrogens with one attached hydrogen (secondary N) is 1. The van der Waals surface area contributed by atoms with Crippen LogP contribution in [0.3, 0.4) is 0 Å². The molecule has 98 valence electrons. The number of benzene rings is 1. The molecule has 0 aliphatic rings. The Hall–Kier alpha value is -0.420. The fourth-order valence-electron chi connectivity index (χ4n) is 1.28. The van der Waals surface area contributed by atoms with Crippen LogP contribution in [-0.4, -0.2) is 12.1 Å². The van der Waals surface area contributed by atoms with E-state index in [0.29, 0.717) is 11.3 Å². The average molecular weight is 545 g/mol. The molecule has 1 aromatic heterocycles. The third-order valence-electron chi connectivity index (χ3n) is 2.11. The minimum atomic E-state index is -0.255. The number of carbonyl (C=O) groups excluding carboxylic acids is 1. The molecule has 0 aliphatic heterocycles. The molecule has 1 aromatic carbocycles. The van der Waals surface area contributed by atoms with Gasteiger partial charge in [0, 0.05) is 37.8 Å². The molecule has 0 fully saturated rings. The van der Waals surface area contributed by atoms with Gasteiger partial charge in [-0.3, -0.25) is 4.79 Å². The van der Waals surface area contributed by atoms with Gasteiger partial charge < -0.3 is 4.42 Å². The van der Waals surface area contributed by atoms with Gasteiger partial charge in [0.25, 0.3) is 5.91 Å². The first-order valence-electron chi connectivity index (χ1n) is 5.10. The smallest absolute Gasteiger partial charge is 0.271 e. The van der Waals surface area contributed by atoms with Crippen molar-refractivity contribution < 1.29 is 9.21 Å². The summed E-state index contributed by atoms with van der Waals surface area (Å²) in [4.78, 5) is 11.8. The van der Waals surface area contributed by atoms with Crippen LogP contribution in [0.1, 0.15) is 16.1 Å². The number of halogens is 3. The Bertz CT molecular complexity index is 621. The number of carbonyl (C=O) groups is 1. The van der Waals surface area contributed by atoms with Crippen molar-refractivity contribution in [1.82, 2.24) is 5.43 Å². The van der Waals surface area contributed by atoms with E-state index in [4.69, 9.17) is 4.42 Å². The van der Waals surface area contributed by atoms with Crippen LogP contribution in [0.2, 0.25) is 0 Å². The van der Waals surface area contributed by atoms with E-state index in [0.717, 1.165) is 11.8 Å². The molecule has 0 unspecified atom stereocenters. The van der Waals surface area contributed by atoms with Crippen LogP contribution in [0.4, 0.5) is 0 Å². The molecule has 0 radical (unpaired) electrons. The summed E-state index contributed by atoms with van der Waals surface area (Å²) in [5.41, 5.74) is 3.02. The van der Waals surface area contributed by atoms with E-state index >= 15 is 0 Å². The minimum Gasteiger partial charge on any atom is -0.448 e. The summed E-state index contributed by atoms with van der Waals surface area (Å²) in [5.74, 6) is 0.314. The number of rotatable bonds is 3. The molecule has 1 amide bonds. The number of nitrogens with zero attached hydrogens (tertiary/aromatic N) is 1. The van der Waals surface area contributed by atoms with Gasteiger partial charge in [-0.15, -0.1) is 0 Å². The Kier molecular flexibility index (Phi) is 5.39. The van der Waals surface area contributed by atoms with Gasteiger partial charge in [-0.2, -0.15) is 5.10 Å². The summed E-state index contributed by atoms with van der Waals surface area (Å²) >= 11 is 7.54. The Morgan fingerprint density at radius 3 is 2.79 bits per heavy atom. The zero-order valence-electron chi connectivity index (χ0n) is 9.36. The Morgan fingerprint density at radius 1 is 1.37 bits per heavy atom. The highest BCUT2D eigenvalue weighted by Crippen LogP contribution is 2.21. The van der Waals surface area contributed by atoms with Crippen LogP contribution in [0.15, 0.2) is 44.3 Å². The average Bonchev–Trinajstić information content (AvgIpc) is 2.68. The van der Waals surface area contributed by atoms with Crippen molar-refractivity contribution in [2.45, 2.75) is 0 Å². The van der Waals surface area contributed by atoms with E-state index in [1.807, 2.05) is 12.1 Å². The second kappa shape index (κ2) is 6.84. The molecule has 4 nitrogen and oxygen atoms in total. The molecule has 0 saturated heterocycles. The molecule has 2 aromatic rings. The number of hydrazone groups is 1. The molecule has 0 aliphatic carbocycles. The molecular formula is C12H7BrI2N2O2. The van der Waals surface area contributed by atoms with Crippen molar-refractivity contribution in [2.75, 3.05) is 0 Å². The number of furan rings is 1. The SMILES string of the molecule is O=C(N/N=C\c1cc(Br)c(I)o1)c1cccc(I)c1. The maximum atomic E-state index is 11.8. The van der Waals surface area contributed by atoms with Crippen molar-refractivity contribution >= 4 is 73.2 Å². The van der Waals surface area contributed by atoms with Crippen molar-refractivity contribution in [3.05, 3.63) is 53.5 Å². The van der Waals surface area contributed by atoms with E-state index in [2.05, 4.69) is 71.6 Å². The molecule has 1 N–H and O–H groups in total. The number of hydrogen-bond donors (Lipinski definition) is 1. The van der Waals surface area contributed by atoms with E-state index < -0.39 is 0 Å².